The van der Waals surface area contributed by atoms with Crippen LogP contribution in [0.5, 0.6) is 0 Å². The molecule has 1 fully saturated rings. The van der Waals surface area contributed by atoms with Crippen LogP contribution in [0.1, 0.15) is 35.9 Å². The van der Waals surface area contributed by atoms with Crippen molar-refractivity contribution in [2.24, 2.45) is 5.84 Å². The van der Waals surface area contributed by atoms with E-state index in [1.54, 1.807) is 31.3 Å². The lowest BCUT2D eigenvalue weighted by atomic mass is 10.1. The van der Waals surface area contributed by atoms with Crippen molar-refractivity contribution in [2.45, 2.75) is 32.2 Å². The second-order valence-electron chi connectivity index (χ2n) is 8.10. The Morgan fingerprint density at radius 3 is 2.72 bits per heavy atom. The minimum atomic E-state index is -0.349. The first-order valence-electron chi connectivity index (χ1n) is 10.2. The zero-order valence-electron chi connectivity index (χ0n) is 18.0. The van der Waals surface area contributed by atoms with Crippen molar-refractivity contribution in [3.8, 4) is 0 Å². The molecular weight excluding hydrogens is 411 g/mol. The van der Waals surface area contributed by atoms with Gasteiger partial charge < -0.3 is 15.1 Å². The van der Waals surface area contributed by atoms with E-state index in [9.17, 15) is 9.18 Å². The topological polar surface area (TPSA) is 109 Å². The van der Waals surface area contributed by atoms with Crippen molar-refractivity contribution in [1.29, 1.82) is 0 Å². The third-order valence-corrected chi connectivity index (χ3v) is 5.46. The van der Waals surface area contributed by atoms with Gasteiger partial charge in [0.15, 0.2) is 0 Å². The Hall–Kier alpha value is -3.72. The number of rotatable bonds is 8. The fourth-order valence-electron chi connectivity index (χ4n) is 3.32. The Kier molecular flexibility index (Phi) is 5.67. The third kappa shape index (κ3) is 4.47. The van der Waals surface area contributed by atoms with E-state index in [2.05, 4.69) is 34.1 Å². The summed E-state index contributed by atoms with van der Waals surface area (Å²) < 4.78 is 18.8. The molecule has 0 aliphatic heterocycles. The summed E-state index contributed by atoms with van der Waals surface area (Å²) in [6.45, 7) is 7.79. The van der Waals surface area contributed by atoms with Crippen LogP contribution >= 0.6 is 0 Å². The van der Waals surface area contributed by atoms with Crippen LogP contribution in [0.2, 0.25) is 0 Å². The van der Waals surface area contributed by atoms with Crippen molar-refractivity contribution in [1.82, 2.24) is 15.3 Å². The molecule has 1 aromatic carbocycles. The van der Waals surface area contributed by atoms with E-state index in [0.717, 1.165) is 12.8 Å². The average molecular weight is 436 g/mol. The molecule has 2 heterocycles. The van der Waals surface area contributed by atoms with Gasteiger partial charge in [0.05, 0.1) is 16.6 Å². The number of amides is 1. The summed E-state index contributed by atoms with van der Waals surface area (Å²) in [5, 5.41) is 8.18. The number of carbonyl (C=O) groups is 1. The van der Waals surface area contributed by atoms with E-state index < -0.39 is 0 Å². The fourth-order valence-corrected chi connectivity index (χ4v) is 3.32. The van der Waals surface area contributed by atoms with Gasteiger partial charge in [0.25, 0.3) is 5.91 Å². The van der Waals surface area contributed by atoms with Gasteiger partial charge in [-0.15, -0.1) is 0 Å². The number of nitrogens with zero attached hydrogens (tertiary/aromatic N) is 3. The zero-order chi connectivity index (χ0) is 22.9. The van der Waals surface area contributed by atoms with Crippen molar-refractivity contribution >= 4 is 28.5 Å². The maximum Gasteiger partial charge on any atom is 0.255 e. The Labute approximate surface area is 185 Å². The second kappa shape index (κ2) is 8.43. The van der Waals surface area contributed by atoms with Gasteiger partial charge >= 0.3 is 0 Å². The number of nitrogens with one attached hydrogen (secondary N) is 2. The first-order chi connectivity index (χ1) is 15.3. The lowest BCUT2D eigenvalue weighted by Crippen LogP contribution is -2.29. The van der Waals surface area contributed by atoms with Crippen molar-refractivity contribution < 1.29 is 13.6 Å². The van der Waals surface area contributed by atoms with Crippen LogP contribution in [-0.4, -0.2) is 28.0 Å². The number of anilines is 2. The van der Waals surface area contributed by atoms with Gasteiger partial charge in [-0.2, -0.15) is 0 Å². The maximum absolute atomic E-state index is 13.1. The summed E-state index contributed by atoms with van der Waals surface area (Å²) in [5.74, 6) is 6.41. The number of benzene rings is 1. The van der Waals surface area contributed by atoms with Crippen LogP contribution in [0, 0.1) is 12.7 Å². The summed E-state index contributed by atoms with van der Waals surface area (Å²) in [6.07, 6.45) is 6.70. The SMILES string of the molecule is C=C/C(=C\N(N)c1ccc(F)cc1)CNC(=O)c1c(C)oc2ncnc(NC3(C)CC3)c12. The van der Waals surface area contributed by atoms with Crippen molar-refractivity contribution in [3.63, 3.8) is 0 Å². The smallest absolute Gasteiger partial charge is 0.255 e. The van der Waals surface area contributed by atoms with Gasteiger partial charge in [0, 0.05) is 18.3 Å². The summed E-state index contributed by atoms with van der Waals surface area (Å²) in [5.41, 5.74) is 1.98. The van der Waals surface area contributed by atoms with E-state index in [1.807, 2.05) is 0 Å². The molecule has 0 atom stereocenters. The molecule has 1 amide bonds. The molecule has 0 saturated heterocycles. The summed E-state index contributed by atoms with van der Waals surface area (Å²) in [6, 6.07) is 5.75. The number of carbonyl (C=O) groups excluding carboxylic acids is 1. The number of halogens is 1. The molecule has 32 heavy (non-hydrogen) atoms. The maximum atomic E-state index is 13.1. The van der Waals surface area contributed by atoms with Crippen LogP contribution in [0.4, 0.5) is 15.9 Å². The molecule has 8 nitrogen and oxygen atoms in total. The Morgan fingerprint density at radius 1 is 1.34 bits per heavy atom. The Bertz CT molecular complexity index is 1200. The molecule has 166 valence electrons. The molecule has 1 aliphatic carbocycles. The van der Waals surface area contributed by atoms with E-state index in [-0.39, 0.29) is 23.8 Å². The highest BCUT2D eigenvalue weighted by molar-refractivity contribution is 6.10. The fraction of sp³-hybridized carbons (Fsp3) is 0.261. The van der Waals surface area contributed by atoms with Gasteiger partial charge in [0.2, 0.25) is 5.71 Å². The molecule has 4 rings (SSSR count). The highest BCUT2D eigenvalue weighted by Gasteiger charge is 2.38. The van der Waals surface area contributed by atoms with Gasteiger partial charge in [0.1, 0.15) is 23.7 Å². The number of hydrazine groups is 1. The molecule has 3 aromatic rings. The lowest BCUT2D eigenvalue weighted by molar-refractivity contribution is 0.0957. The molecule has 1 saturated carbocycles. The summed E-state index contributed by atoms with van der Waals surface area (Å²) in [7, 11) is 0. The predicted octanol–water partition coefficient (Wildman–Crippen LogP) is 3.81. The lowest BCUT2D eigenvalue weighted by Gasteiger charge is -2.16. The molecule has 0 bridgehead atoms. The Balaban J connectivity index is 1.53. The van der Waals surface area contributed by atoms with Crippen LogP contribution in [0.15, 0.2) is 59.4 Å². The molecule has 0 unspecified atom stereocenters. The minimum absolute atomic E-state index is 0.0239. The van der Waals surface area contributed by atoms with Crippen LogP contribution in [-0.2, 0) is 0 Å². The average Bonchev–Trinajstić information content (AvgIpc) is 3.38. The van der Waals surface area contributed by atoms with Crippen molar-refractivity contribution in [3.05, 3.63) is 72.2 Å². The predicted molar refractivity (Wildman–Crippen MR) is 121 cm³/mol. The van der Waals surface area contributed by atoms with Crippen molar-refractivity contribution in [2.75, 3.05) is 16.9 Å². The largest absolute Gasteiger partial charge is 0.442 e. The summed E-state index contributed by atoms with van der Waals surface area (Å²) >= 11 is 0. The van der Waals surface area contributed by atoms with Crippen LogP contribution < -0.4 is 21.5 Å². The first kappa shape index (κ1) is 21.5. The van der Waals surface area contributed by atoms with E-state index in [1.165, 1.54) is 23.5 Å². The van der Waals surface area contributed by atoms with Gasteiger partial charge in [-0.25, -0.2) is 20.2 Å². The number of nitrogens with two attached hydrogens (primary N) is 1. The highest BCUT2D eigenvalue weighted by atomic mass is 19.1. The highest BCUT2D eigenvalue weighted by Crippen LogP contribution is 2.40. The number of aryl methyl sites for hydroxylation is 1. The number of hydrogen-bond acceptors (Lipinski definition) is 7. The van der Waals surface area contributed by atoms with E-state index >= 15 is 0 Å². The first-order valence-corrected chi connectivity index (χ1v) is 10.2. The van der Waals surface area contributed by atoms with Gasteiger partial charge in [-0.1, -0.05) is 12.7 Å². The van der Waals surface area contributed by atoms with Gasteiger partial charge in [-0.3, -0.25) is 9.80 Å². The summed E-state index contributed by atoms with van der Waals surface area (Å²) in [4.78, 5) is 21.6. The number of fused-ring (bicyclic) bond motifs is 1. The molecule has 0 radical (unpaired) electrons. The van der Waals surface area contributed by atoms with E-state index in [4.69, 9.17) is 10.3 Å². The van der Waals surface area contributed by atoms with Crippen LogP contribution in [0.3, 0.4) is 0 Å². The zero-order valence-corrected chi connectivity index (χ0v) is 18.0. The quantitative estimate of drug-likeness (QED) is 0.280. The normalized spacial score (nSPS) is 14.8. The molecule has 9 heteroatoms. The molecular formula is C23H25FN6O2. The minimum Gasteiger partial charge on any atom is -0.442 e. The number of aromatic nitrogens is 2. The third-order valence-electron chi connectivity index (χ3n) is 5.46. The molecule has 2 aromatic heterocycles. The Morgan fingerprint density at radius 2 is 2.06 bits per heavy atom. The molecule has 1 aliphatic rings. The molecule has 4 N–H and O–H groups in total. The standard InChI is InChI=1S/C23H25FN6O2/c1-4-15(12-30(25)17-7-5-16(24)6-8-17)11-26-21(31)18-14(2)32-22-19(18)20(27-13-28-22)29-23(3)9-10-23/h4-8,12-13H,1,9-11,25H2,2-3H3,(H,26,31)(H,27,28,29)/b15-12+. The van der Waals surface area contributed by atoms with Crippen LogP contribution in [0.25, 0.3) is 11.1 Å². The molecule has 0 spiro atoms. The number of hydrogen-bond donors (Lipinski definition) is 3. The van der Waals surface area contributed by atoms with E-state index in [0.29, 0.717) is 39.5 Å². The number of furan rings is 1. The second-order valence-corrected chi connectivity index (χ2v) is 8.10. The van der Waals surface area contributed by atoms with Gasteiger partial charge in [-0.05, 0) is 56.5 Å². The monoisotopic (exact) mass is 436 g/mol.